The molecule has 1 saturated heterocycles. The molecule has 3 atom stereocenters. The van der Waals surface area contributed by atoms with Gasteiger partial charge in [-0.15, -0.1) is 0 Å². The Hall–Kier alpha value is -2.84. The maximum atomic E-state index is 13.8. The number of hydrogen-bond donors (Lipinski definition) is 0. The molecule has 2 fully saturated rings. The molecule has 0 aromatic heterocycles. The first kappa shape index (κ1) is 22.9. The molecule has 0 N–H and O–H groups in total. The van der Waals surface area contributed by atoms with Crippen LogP contribution in [0.25, 0.3) is 0 Å². The number of rotatable bonds is 6. The third kappa shape index (κ3) is 4.98. The molecule has 6 heteroatoms. The van der Waals surface area contributed by atoms with Crippen molar-refractivity contribution in [2.45, 2.75) is 37.5 Å². The summed E-state index contributed by atoms with van der Waals surface area (Å²) >= 11 is 12.3. The Bertz CT molecular complexity index is 1200. The standard InChI is InChI=1S/C28H24Cl2N2O2/c29-23-11-7-21(8-12-23)26-27(22-9-13-24(30)14-10-22)34-25(28(33)32(26)17-20-5-6-20)15-18-1-3-19(16-31)4-2-18/h1-4,7-14,20,25-27H,5-6,15,17H2/t25-,26+,27-/m0/s1. The monoisotopic (exact) mass is 490 g/mol. The molecule has 172 valence electrons. The lowest BCUT2D eigenvalue weighted by Crippen LogP contribution is -2.52. The number of nitrogens with zero attached hydrogens (tertiary/aromatic N) is 2. The van der Waals surface area contributed by atoms with Crippen molar-refractivity contribution in [2.24, 2.45) is 5.92 Å². The molecular formula is C28H24Cl2N2O2. The van der Waals surface area contributed by atoms with Gasteiger partial charge in [0.05, 0.1) is 17.7 Å². The minimum Gasteiger partial charge on any atom is -0.358 e. The van der Waals surface area contributed by atoms with E-state index in [-0.39, 0.29) is 18.1 Å². The molecule has 0 radical (unpaired) electrons. The number of morpholine rings is 1. The first-order chi connectivity index (χ1) is 16.5. The largest absolute Gasteiger partial charge is 0.358 e. The quantitative estimate of drug-likeness (QED) is 0.394. The van der Waals surface area contributed by atoms with Crippen LogP contribution >= 0.6 is 23.2 Å². The van der Waals surface area contributed by atoms with Gasteiger partial charge < -0.3 is 9.64 Å². The molecule has 1 aliphatic heterocycles. The van der Waals surface area contributed by atoms with Crippen molar-refractivity contribution >= 4 is 29.1 Å². The van der Waals surface area contributed by atoms with Crippen LogP contribution in [-0.4, -0.2) is 23.5 Å². The van der Waals surface area contributed by atoms with Crippen molar-refractivity contribution in [1.29, 1.82) is 5.26 Å². The zero-order valence-electron chi connectivity index (χ0n) is 18.5. The highest BCUT2D eigenvalue weighted by Gasteiger charge is 2.45. The van der Waals surface area contributed by atoms with Gasteiger partial charge in [-0.05, 0) is 71.8 Å². The molecule has 3 aromatic rings. The zero-order valence-corrected chi connectivity index (χ0v) is 20.0. The van der Waals surface area contributed by atoms with Crippen molar-refractivity contribution in [3.05, 3.63) is 105 Å². The fourth-order valence-electron chi connectivity index (χ4n) is 4.57. The average Bonchev–Trinajstić information content (AvgIpc) is 3.67. The van der Waals surface area contributed by atoms with Crippen LogP contribution in [-0.2, 0) is 16.0 Å². The van der Waals surface area contributed by atoms with Crippen LogP contribution in [0.3, 0.4) is 0 Å². The number of halogens is 2. The van der Waals surface area contributed by atoms with Crippen LogP contribution in [0.2, 0.25) is 10.0 Å². The summed E-state index contributed by atoms with van der Waals surface area (Å²) in [5, 5.41) is 10.4. The zero-order chi connectivity index (χ0) is 23.7. The van der Waals surface area contributed by atoms with Gasteiger partial charge in [-0.3, -0.25) is 4.79 Å². The number of ether oxygens (including phenoxy) is 1. The summed E-state index contributed by atoms with van der Waals surface area (Å²) in [6.45, 7) is 0.712. The lowest BCUT2D eigenvalue weighted by atomic mass is 9.90. The molecule has 5 rings (SSSR count). The lowest BCUT2D eigenvalue weighted by Gasteiger charge is -2.45. The minimum atomic E-state index is -0.615. The first-order valence-corrected chi connectivity index (χ1v) is 12.2. The van der Waals surface area contributed by atoms with E-state index in [0.717, 1.165) is 29.5 Å². The van der Waals surface area contributed by atoms with Gasteiger partial charge in [0, 0.05) is 23.0 Å². The van der Waals surface area contributed by atoms with E-state index in [1.54, 1.807) is 12.1 Å². The van der Waals surface area contributed by atoms with Gasteiger partial charge in [0.2, 0.25) is 0 Å². The molecule has 1 aliphatic carbocycles. The minimum absolute atomic E-state index is 0.00132. The molecular weight excluding hydrogens is 467 g/mol. The van der Waals surface area contributed by atoms with Crippen molar-refractivity contribution < 1.29 is 9.53 Å². The highest BCUT2D eigenvalue weighted by atomic mass is 35.5. The molecule has 0 unspecified atom stereocenters. The molecule has 3 aromatic carbocycles. The van der Waals surface area contributed by atoms with Gasteiger partial charge >= 0.3 is 0 Å². The molecule has 2 aliphatic rings. The van der Waals surface area contributed by atoms with Crippen LogP contribution in [0.5, 0.6) is 0 Å². The van der Waals surface area contributed by atoms with Crippen LogP contribution in [0.15, 0.2) is 72.8 Å². The third-order valence-corrected chi connectivity index (χ3v) is 7.06. The summed E-state index contributed by atoms with van der Waals surface area (Å²) in [4.78, 5) is 15.8. The third-order valence-electron chi connectivity index (χ3n) is 6.56. The SMILES string of the molecule is N#Cc1ccc(C[C@@H]2O[C@@H](c3ccc(Cl)cc3)[C@@H](c3ccc(Cl)cc3)N(CC3CC3)C2=O)cc1. The molecule has 4 nitrogen and oxygen atoms in total. The number of carbonyl (C=O) groups excluding carboxylic acids is 1. The van der Waals surface area contributed by atoms with Crippen LogP contribution in [0, 0.1) is 17.2 Å². The molecule has 1 amide bonds. The van der Waals surface area contributed by atoms with E-state index in [1.165, 1.54) is 0 Å². The number of hydrogen-bond acceptors (Lipinski definition) is 3. The Kier molecular flexibility index (Phi) is 6.61. The second kappa shape index (κ2) is 9.80. The maximum absolute atomic E-state index is 13.8. The predicted molar refractivity (Wildman–Crippen MR) is 133 cm³/mol. The van der Waals surface area contributed by atoms with E-state index in [0.29, 0.717) is 34.5 Å². The molecule has 1 heterocycles. The summed E-state index contributed by atoms with van der Waals surface area (Å²) in [7, 11) is 0. The van der Waals surface area contributed by atoms with E-state index in [4.69, 9.17) is 33.2 Å². The van der Waals surface area contributed by atoms with E-state index in [2.05, 4.69) is 6.07 Å². The Morgan fingerprint density at radius 3 is 2.03 bits per heavy atom. The first-order valence-electron chi connectivity index (χ1n) is 11.5. The topological polar surface area (TPSA) is 53.3 Å². The van der Waals surface area contributed by atoms with Gasteiger partial charge in [0.25, 0.3) is 5.91 Å². The second-order valence-electron chi connectivity index (χ2n) is 9.04. The number of amides is 1. The van der Waals surface area contributed by atoms with E-state index in [9.17, 15) is 4.79 Å². The smallest absolute Gasteiger partial charge is 0.252 e. The Balaban J connectivity index is 1.53. The molecule has 34 heavy (non-hydrogen) atoms. The normalized spacial score (nSPS) is 22.4. The fourth-order valence-corrected chi connectivity index (χ4v) is 4.82. The summed E-state index contributed by atoms with van der Waals surface area (Å²) in [5.74, 6) is 0.528. The van der Waals surface area contributed by atoms with Gasteiger partial charge in [-0.1, -0.05) is 59.6 Å². The van der Waals surface area contributed by atoms with Crippen LogP contribution in [0.4, 0.5) is 0 Å². The van der Waals surface area contributed by atoms with E-state index in [1.807, 2.05) is 65.6 Å². The van der Waals surface area contributed by atoms with Crippen molar-refractivity contribution in [3.8, 4) is 6.07 Å². The van der Waals surface area contributed by atoms with Crippen molar-refractivity contribution in [2.75, 3.05) is 6.54 Å². The molecule has 0 bridgehead atoms. The van der Waals surface area contributed by atoms with Gasteiger partial charge in [-0.2, -0.15) is 5.26 Å². The number of nitriles is 1. The van der Waals surface area contributed by atoms with Gasteiger partial charge in [0.15, 0.2) is 0 Å². The second-order valence-corrected chi connectivity index (χ2v) is 9.91. The predicted octanol–water partition coefficient (Wildman–Crippen LogP) is 6.53. The Morgan fingerprint density at radius 1 is 0.882 bits per heavy atom. The summed E-state index contributed by atoms with van der Waals surface area (Å²) in [6.07, 6.45) is 1.77. The summed E-state index contributed by atoms with van der Waals surface area (Å²) in [6, 6.07) is 24.5. The Labute approximate surface area is 209 Å². The van der Waals surface area contributed by atoms with E-state index >= 15 is 0 Å². The summed E-state index contributed by atoms with van der Waals surface area (Å²) < 4.78 is 6.58. The fraction of sp³-hybridized carbons (Fsp3) is 0.286. The Morgan fingerprint density at radius 2 is 1.47 bits per heavy atom. The lowest BCUT2D eigenvalue weighted by molar-refractivity contribution is -0.174. The highest BCUT2D eigenvalue weighted by Crippen LogP contribution is 2.45. The van der Waals surface area contributed by atoms with Crippen molar-refractivity contribution in [3.63, 3.8) is 0 Å². The highest BCUT2D eigenvalue weighted by molar-refractivity contribution is 6.30. The summed E-state index contributed by atoms with van der Waals surface area (Å²) in [5.41, 5.74) is 3.53. The van der Waals surface area contributed by atoms with Gasteiger partial charge in [0.1, 0.15) is 12.2 Å². The van der Waals surface area contributed by atoms with Gasteiger partial charge in [-0.25, -0.2) is 0 Å². The van der Waals surface area contributed by atoms with Crippen molar-refractivity contribution in [1.82, 2.24) is 4.90 Å². The van der Waals surface area contributed by atoms with Crippen LogP contribution in [0.1, 0.15) is 47.2 Å². The number of benzene rings is 3. The average molecular weight is 491 g/mol. The molecule has 1 saturated carbocycles. The number of carbonyl (C=O) groups is 1. The maximum Gasteiger partial charge on any atom is 0.252 e. The van der Waals surface area contributed by atoms with Crippen LogP contribution < -0.4 is 0 Å². The molecule has 0 spiro atoms. The van der Waals surface area contributed by atoms with E-state index < -0.39 is 6.10 Å².